The lowest BCUT2D eigenvalue weighted by Gasteiger charge is -2.29. The van der Waals surface area contributed by atoms with E-state index in [1.54, 1.807) is 0 Å². The molecule has 0 aliphatic carbocycles. The number of benzene rings is 1. The van der Waals surface area contributed by atoms with Crippen molar-refractivity contribution in [3.8, 4) is 11.5 Å². The maximum Gasteiger partial charge on any atom is 0.175 e. The summed E-state index contributed by atoms with van der Waals surface area (Å²) in [5, 5.41) is 0. The van der Waals surface area contributed by atoms with Crippen LogP contribution in [0.3, 0.4) is 0 Å². The first-order chi connectivity index (χ1) is 7.95. The number of fused-ring (bicyclic) bond motifs is 1. The van der Waals surface area contributed by atoms with Gasteiger partial charge in [-0.05, 0) is 47.8 Å². The molecule has 0 unspecified atom stereocenters. The molecule has 0 fully saturated rings. The van der Waals surface area contributed by atoms with E-state index in [0.29, 0.717) is 13.2 Å². The largest absolute Gasteiger partial charge is 0.486 e. The second kappa shape index (κ2) is 4.50. The fourth-order valence-corrected chi connectivity index (χ4v) is 2.67. The molecular weight excluding hydrogens is 282 g/mol. The number of hydrogen-bond acceptors (Lipinski definition) is 3. The molecule has 2 N–H and O–H groups in total. The van der Waals surface area contributed by atoms with Crippen LogP contribution in [0.15, 0.2) is 10.5 Å². The predicted octanol–water partition coefficient (Wildman–Crippen LogP) is 2.98. The van der Waals surface area contributed by atoms with Crippen molar-refractivity contribution in [3.05, 3.63) is 21.7 Å². The number of nitrogens with two attached hydrogens (primary N) is 1. The monoisotopic (exact) mass is 299 g/mol. The van der Waals surface area contributed by atoms with Gasteiger partial charge in [0.15, 0.2) is 11.5 Å². The predicted molar refractivity (Wildman–Crippen MR) is 71.7 cm³/mol. The molecule has 0 amide bonds. The van der Waals surface area contributed by atoms with Crippen LogP contribution in [0.25, 0.3) is 0 Å². The summed E-state index contributed by atoms with van der Waals surface area (Å²) in [5.74, 6) is 1.66. The maximum absolute atomic E-state index is 6.22. The molecule has 0 bridgehead atoms. The highest BCUT2D eigenvalue weighted by Gasteiger charge is 2.27. The third kappa shape index (κ3) is 2.29. The van der Waals surface area contributed by atoms with Gasteiger partial charge in [0, 0.05) is 11.1 Å². The molecule has 1 aromatic carbocycles. The first-order valence-electron chi connectivity index (χ1n) is 5.85. The van der Waals surface area contributed by atoms with Crippen molar-refractivity contribution in [3.63, 3.8) is 0 Å². The van der Waals surface area contributed by atoms with Crippen molar-refractivity contribution in [2.45, 2.75) is 32.7 Å². The first kappa shape index (κ1) is 12.7. The van der Waals surface area contributed by atoms with E-state index in [-0.39, 0.29) is 5.54 Å². The summed E-state index contributed by atoms with van der Waals surface area (Å²) in [6.07, 6.45) is 0.884. The van der Waals surface area contributed by atoms with Crippen molar-refractivity contribution in [2.24, 2.45) is 5.73 Å². The van der Waals surface area contributed by atoms with Crippen molar-refractivity contribution in [1.29, 1.82) is 0 Å². The average molecular weight is 300 g/mol. The highest BCUT2D eigenvalue weighted by atomic mass is 79.9. The zero-order chi connectivity index (χ0) is 12.6. The van der Waals surface area contributed by atoms with Crippen LogP contribution in [0, 0.1) is 0 Å². The highest BCUT2D eigenvalue weighted by Crippen LogP contribution is 2.44. The number of ether oxygens (including phenoxy) is 2. The Morgan fingerprint density at radius 2 is 1.88 bits per heavy atom. The van der Waals surface area contributed by atoms with Crippen LogP contribution >= 0.6 is 15.9 Å². The van der Waals surface area contributed by atoms with Gasteiger partial charge in [-0.1, -0.05) is 6.92 Å². The van der Waals surface area contributed by atoms with Crippen LogP contribution in [0.1, 0.15) is 31.9 Å². The Morgan fingerprint density at radius 1 is 1.29 bits per heavy atom. The average Bonchev–Trinajstić information content (AvgIpc) is 2.28. The van der Waals surface area contributed by atoms with Crippen LogP contribution in [-0.2, 0) is 12.0 Å². The smallest absolute Gasteiger partial charge is 0.175 e. The van der Waals surface area contributed by atoms with Gasteiger partial charge in [0.25, 0.3) is 0 Å². The molecule has 94 valence electrons. The normalized spacial score (nSPS) is 14.9. The fraction of sp³-hybridized carbons (Fsp3) is 0.538. The molecule has 3 nitrogen and oxygen atoms in total. The molecule has 0 spiro atoms. The van der Waals surface area contributed by atoms with Gasteiger partial charge in [-0.25, -0.2) is 0 Å². The molecule has 1 aromatic rings. The molecule has 0 saturated carbocycles. The Morgan fingerprint density at radius 3 is 2.41 bits per heavy atom. The van der Waals surface area contributed by atoms with E-state index < -0.39 is 0 Å². The van der Waals surface area contributed by atoms with Crippen molar-refractivity contribution in [2.75, 3.05) is 13.2 Å². The molecule has 2 rings (SSSR count). The molecule has 0 saturated heterocycles. The summed E-state index contributed by atoms with van der Waals surface area (Å²) in [6.45, 7) is 7.31. The van der Waals surface area contributed by atoms with Gasteiger partial charge in [-0.3, -0.25) is 0 Å². The van der Waals surface area contributed by atoms with E-state index in [1.165, 1.54) is 0 Å². The molecule has 0 atom stereocenters. The van der Waals surface area contributed by atoms with E-state index in [9.17, 15) is 0 Å². The lowest BCUT2D eigenvalue weighted by Crippen LogP contribution is -2.31. The fourth-order valence-electron chi connectivity index (χ4n) is 2.15. The van der Waals surface area contributed by atoms with E-state index in [0.717, 1.165) is 33.5 Å². The van der Waals surface area contributed by atoms with E-state index >= 15 is 0 Å². The Kier molecular flexibility index (Phi) is 3.36. The summed E-state index contributed by atoms with van der Waals surface area (Å²) in [7, 11) is 0. The van der Waals surface area contributed by atoms with Crippen LogP contribution < -0.4 is 15.2 Å². The number of rotatable bonds is 2. The van der Waals surface area contributed by atoms with Gasteiger partial charge in [0.2, 0.25) is 0 Å². The van der Waals surface area contributed by atoms with Gasteiger partial charge in [0.05, 0.1) is 4.47 Å². The van der Waals surface area contributed by atoms with Gasteiger partial charge >= 0.3 is 0 Å². The van der Waals surface area contributed by atoms with E-state index in [4.69, 9.17) is 15.2 Å². The molecule has 1 aliphatic heterocycles. The lowest BCUT2D eigenvalue weighted by atomic mass is 9.89. The van der Waals surface area contributed by atoms with Gasteiger partial charge in [0.1, 0.15) is 13.2 Å². The first-order valence-corrected chi connectivity index (χ1v) is 6.64. The van der Waals surface area contributed by atoms with Gasteiger partial charge < -0.3 is 15.2 Å². The second-order valence-corrected chi connectivity index (χ2v) is 5.67. The molecule has 17 heavy (non-hydrogen) atoms. The zero-order valence-corrected chi connectivity index (χ0v) is 12.1. The Hall–Kier alpha value is -0.740. The number of halogens is 1. The summed E-state index contributed by atoms with van der Waals surface area (Å²) < 4.78 is 12.3. The Bertz CT molecular complexity index is 438. The standard InChI is InChI=1S/C13H18BrNO2/c1-4-8-9(13(2,3)15)7-10(14)12-11(8)16-5-6-17-12/h7H,4-6,15H2,1-3H3. The van der Waals surface area contributed by atoms with Crippen LogP contribution in [0.5, 0.6) is 11.5 Å². The lowest BCUT2D eigenvalue weighted by molar-refractivity contribution is 0.168. The van der Waals surface area contributed by atoms with Crippen LogP contribution in [0.2, 0.25) is 0 Å². The molecule has 4 heteroatoms. The van der Waals surface area contributed by atoms with E-state index in [2.05, 4.69) is 22.9 Å². The van der Waals surface area contributed by atoms with Crippen LogP contribution in [0.4, 0.5) is 0 Å². The SMILES string of the molecule is CCc1c(C(C)(C)N)cc(Br)c2c1OCCO2. The van der Waals surface area contributed by atoms with Gasteiger partial charge in [-0.15, -0.1) is 0 Å². The summed E-state index contributed by atoms with van der Waals surface area (Å²) in [4.78, 5) is 0. The van der Waals surface area contributed by atoms with Crippen molar-refractivity contribution in [1.82, 2.24) is 0 Å². The molecular formula is C13H18BrNO2. The minimum absolute atomic E-state index is 0.385. The Balaban J connectivity index is 2.66. The summed E-state index contributed by atoms with van der Waals surface area (Å²) in [5.41, 5.74) is 8.09. The number of hydrogen-bond donors (Lipinski definition) is 1. The topological polar surface area (TPSA) is 44.5 Å². The minimum Gasteiger partial charge on any atom is -0.486 e. The maximum atomic E-state index is 6.22. The Labute approximate surface area is 110 Å². The summed E-state index contributed by atoms with van der Waals surface area (Å²) >= 11 is 3.53. The third-order valence-corrected chi connectivity index (χ3v) is 3.51. The van der Waals surface area contributed by atoms with Crippen LogP contribution in [-0.4, -0.2) is 13.2 Å². The van der Waals surface area contributed by atoms with Crippen molar-refractivity contribution >= 4 is 15.9 Å². The highest BCUT2D eigenvalue weighted by molar-refractivity contribution is 9.10. The third-order valence-electron chi connectivity index (χ3n) is 2.92. The molecule has 1 heterocycles. The van der Waals surface area contributed by atoms with Gasteiger partial charge in [-0.2, -0.15) is 0 Å². The molecule has 0 aromatic heterocycles. The van der Waals surface area contributed by atoms with E-state index in [1.807, 2.05) is 19.9 Å². The summed E-state index contributed by atoms with van der Waals surface area (Å²) in [6, 6.07) is 2.05. The second-order valence-electron chi connectivity index (χ2n) is 4.81. The molecule has 0 radical (unpaired) electrons. The zero-order valence-electron chi connectivity index (χ0n) is 10.5. The minimum atomic E-state index is -0.385. The quantitative estimate of drug-likeness (QED) is 0.913. The molecule has 1 aliphatic rings. The van der Waals surface area contributed by atoms with Crippen molar-refractivity contribution < 1.29 is 9.47 Å².